The lowest BCUT2D eigenvalue weighted by atomic mass is 10.1. The van der Waals surface area contributed by atoms with Crippen LogP contribution in [0.3, 0.4) is 0 Å². The number of anilines is 1. The number of fused-ring (bicyclic) bond motifs is 2. The van der Waals surface area contributed by atoms with Crippen LogP contribution < -0.4 is 4.90 Å². The molecular formula is C18H20F2N6O2. The molecule has 148 valence electrons. The minimum absolute atomic E-state index is 0.180. The van der Waals surface area contributed by atoms with Crippen LogP contribution in [0.2, 0.25) is 0 Å². The Morgan fingerprint density at radius 3 is 2.71 bits per heavy atom. The number of rotatable bonds is 4. The zero-order valence-electron chi connectivity index (χ0n) is 15.6. The second-order valence-electron chi connectivity index (χ2n) is 7.82. The van der Waals surface area contributed by atoms with E-state index in [1.165, 1.54) is 18.0 Å². The maximum Gasteiger partial charge on any atom is 0.305 e. The van der Waals surface area contributed by atoms with E-state index in [-0.39, 0.29) is 30.3 Å². The topological polar surface area (TPSA) is 86.0 Å². The Kier molecular flexibility index (Phi) is 3.69. The molecule has 0 radical (unpaired) electrons. The second-order valence-corrected chi connectivity index (χ2v) is 7.82. The van der Waals surface area contributed by atoms with Gasteiger partial charge in [0.1, 0.15) is 17.2 Å². The molecule has 28 heavy (non-hydrogen) atoms. The lowest BCUT2D eigenvalue weighted by Crippen LogP contribution is -2.27. The Morgan fingerprint density at radius 2 is 2.07 bits per heavy atom. The van der Waals surface area contributed by atoms with E-state index < -0.39 is 5.92 Å². The number of alkyl halides is 2. The van der Waals surface area contributed by atoms with Crippen LogP contribution in [0.5, 0.6) is 0 Å². The van der Waals surface area contributed by atoms with E-state index in [1.54, 1.807) is 7.05 Å². The van der Waals surface area contributed by atoms with Crippen LogP contribution >= 0.6 is 0 Å². The average Bonchev–Trinajstić information content (AvgIpc) is 3.09. The molecule has 0 aromatic carbocycles. The zero-order valence-corrected chi connectivity index (χ0v) is 15.6. The summed E-state index contributed by atoms with van der Waals surface area (Å²) in [5.41, 5.74) is 0.856. The molecule has 1 aliphatic heterocycles. The van der Waals surface area contributed by atoms with E-state index in [0.717, 1.165) is 0 Å². The predicted octanol–water partition coefficient (Wildman–Crippen LogP) is 1.56. The van der Waals surface area contributed by atoms with Crippen LogP contribution in [0.4, 0.5) is 14.6 Å². The van der Waals surface area contributed by atoms with Gasteiger partial charge in [-0.3, -0.25) is 4.79 Å². The fraction of sp³-hybridized carbons (Fsp3) is 0.611. The van der Waals surface area contributed by atoms with Gasteiger partial charge in [-0.25, -0.2) is 14.6 Å². The van der Waals surface area contributed by atoms with Crippen molar-refractivity contribution >= 4 is 11.8 Å². The highest BCUT2D eigenvalue weighted by atomic mass is 19.3. The molecule has 1 saturated carbocycles. The molecule has 8 nitrogen and oxygen atoms in total. The second kappa shape index (κ2) is 5.92. The molecule has 0 unspecified atom stereocenters. The molecule has 3 heterocycles. The molecule has 2 fully saturated rings. The van der Waals surface area contributed by atoms with Crippen LogP contribution in [0.1, 0.15) is 24.1 Å². The maximum atomic E-state index is 14.5. The number of halogens is 2. The molecule has 0 bridgehead atoms. The predicted molar refractivity (Wildman–Crippen MR) is 93.6 cm³/mol. The number of piperidine rings is 1. The van der Waals surface area contributed by atoms with Gasteiger partial charge in [-0.1, -0.05) is 5.21 Å². The number of aromatic nitrogens is 5. The Labute approximate surface area is 159 Å². The molecule has 2 aromatic rings. The fourth-order valence-electron chi connectivity index (χ4n) is 4.67. The summed E-state index contributed by atoms with van der Waals surface area (Å²) in [6.45, 7) is 1.43. The van der Waals surface area contributed by atoms with Crippen molar-refractivity contribution in [1.82, 2.24) is 25.0 Å². The molecular weight excluding hydrogens is 370 g/mol. The number of hydrogen-bond acceptors (Lipinski definition) is 7. The smallest absolute Gasteiger partial charge is 0.305 e. The average molecular weight is 390 g/mol. The highest BCUT2D eigenvalue weighted by Crippen LogP contribution is 2.55. The number of carbonyl (C=O) groups is 1. The summed E-state index contributed by atoms with van der Waals surface area (Å²) < 4.78 is 35.2. The van der Waals surface area contributed by atoms with Crippen LogP contribution in [-0.2, 0) is 28.9 Å². The number of nitrogens with zero attached hydrogens (tertiary/aromatic N) is 6. The minimum atomic E-state index is -2.95. The third kappa shape index (κ3) is 2.57. The van der Waals surface area contributed by atoms with Crippen LogP contribution in [0.25, 0.3) is 11.5 Å². The zero-order chi connectivity index (χ0) is 19.6. The van der Waals surface area contributed by atoms with Crippen molar-refractivity contribution < 1.29 is 18.3 Å². The summed E-state index contributed by atoms with van der Waals surface area (Å²) in [7, 11) is 3.07. The van der Waals surface area contributed by atoms with Gasteiger partial charge in [-0.15, -0.1) is 5.10 Å². The third-order valence-electron chi connectivity index (χ3n) is 6.27. The van der Waals surface area contributed by atoms with E-state index in [4.69, 9.17) is 4.74 Å². The van der Waals surface area contributed by atoms with Gasteiger partial charge in [-0.2, -0.15) is 8.78 Å². The van der Waals surface area contributed by atoms with Crippen molar-refractivity contribution in [3.8, 4) is 11.5 Å². The summed E-state index contributed by atoms with van der Waals surface area (Å²) in [6, 6.07) is 0. The van der Waals surface area contributed by atoms with E-state index >= 15 is 0 Å². The van der Waals surface area contributed by atoms with E-state index in [2.05, 4.69) is 25.2 Å². The van der Waals surface area contributed by atoms with Crippen molar-refractivity contribution in [3.05, 3.63) is 17.5 Å². The molecule has 2 aromatic heterocycles. The van der Waals surface area contributed by atoms with Gasteiger partial charge in [0, 0.05) is 38.5 Å². The SMILES string of the molecule is COC(=O)C[C@@H]1[C@H]2CN(c3nc(-c4cnnn4C)nc4c3CCC4(F)F)C[C@@H]12. The summed E-state index contributed by atoms with van der Waals surface area (Å²) in [5.74, 6) is -1.26. The summed E-state index contributed by atoms with van der Waals surface area (Å²) >= 11 is 0. The number of carbonyl (C=O) groups excluding carboxylic acids is 1. The molecule has 0 N–H and O–H groups in total. The van der Waals surface area contributed by atoms with Crippen molar-refractivity contribution in [2.75, 3.05) is 25.1 Å². The molecule has 10 heteroatoms. The standard InChI is InChI=1S/C18H20F2N6O2/c1-25-13(6-21-24-25)16-22-15-9(3-4-18(15,19)20)17(23-16)26-7-11-10(12(11)8-26)5-14(27)28-2/h6,10-12H,3-5,7-8H2,1-2H3/t10-,11-,12+. The largest absolute Gasteiger partial charge is 0.469 e. The number of esters is 1. The normalized spacial score (nSPS) is 26.9. The van der Waals surface area contributed by atoms with Crippen LogP contribution in [-0.4, -0.2) is 51.1 Å². The summed E-state index contributed by atoms with van der Waals surface area (Å²) in [5, 5.41) is 7.66. The Hall–Kier alpha value is -2.65. The number of hydrogen-bond donors (Lipinski definition) is 0. The van der Waals surface area contributed by atoms with Gasteiger partial charge in [-0.05, 0) is 24.2 Å². The van der Waals surface area contributed by atoms with Gasteiger partial charge in [0.2, 0.25) is 0 Å². The molecule has 2 aliphatic carbocycles. The van der Waals surface area contributed by atoms with Crippen LogP contribution in [0, 0.1) is 17.8 Å². The molecule has 0 spiro atoms. The molecule has 1 saturated heterocycles. The number of methoxy groups -OCH3 is 1. The van der Waals surface area contributed by atoms with Crippen molar-refractivity contribution in [2.24, 2.45) is 24.8 Å². The van der Waals surface area contributed by atoms with Gasteiger partial charge in [0.05, 0.1) is 13.3 Å². The minimum Gasteiger partial charge on any atom is -0.469 e. The first-order chi connectivity index (χ1) is 13.4. The van der Waals surface area contributed by atoms with E-state index in [0.29, 0.717) is 54.3 Å². The third-order valence-corrected chi connectivity index (χ3v) is 6.27. The highest BCUT2D eigenvalue weighted by molar-refractivity contribution is 5.70. The fourth-order valence-corrected chi connectivity index (χ4v) is 4.67. The molecule has 3 aliphatic rings. The Bertz CT molecular complexity index is 950. The molecule has 0 amide bonds. The maximum absolute atomic E-state index is 14.5. The quantitative estimate of drug-likeness (QED) is 0.732. The lowest BCUT2D eigenvalue weighted by molar-refractivity contribution is -0.141. The Balaban J connectivity index is 1.47. The molecule has 5 rings (SSSR count). The van der Waals surface area contributed by atoms with E-state index in [9.17, 15) is 13.6 Å². The molecule has 3 atom stereocenters. The van der Waals surface area contributed by atoms with Crippen molar-refractivity contribution in [2.45, 2.75) is 25.2 Å². The first kappa shape index (κ1) is 17.4. The summed E-state index contributed by atoms with van der Waals surface area (Å²) in [4.78, 5) is 22.4. The first-order valence-electron chi connectivity index (χ1n) is 9.35. The van der Waals surface area contributed by atoms with Gasteiger partial charge in [0.25, 0.3) is 5.92 Å². The van der Waals surface area contributed by atoms with Crippen LogP contribution in [0.15, 0.2) is 6.20 Å². The number of aryl methyl sites for hydroxylation is 1. The van der Waals surface area contributed by atoms with Crippen molar-refractivity contribution in [3.63, 3.8) is 0 Å². The lowest BCUT2D eigenvalue weighted by Gasteiger charge is -2.24. The van der Waals surface area contributed by atoms with Gasteiger partial charge in [0.15, 0.2) is 5.82 Å². The van der Waals surface area contributed by atoms with E-state index in [1.807, 2.05) is 0 Å². The summed E-state index contributed by atoms with van der Waals surface area (Å²) in [6.07, 6.45) is 1.92. The van der Waals surface area contributed by atoms with Gasteiger partial charge < -0.3 is 9.64 Å². The first-order valence-corrected chi connectivity index (χ1v) is 9.35. The van der Waals surface area contributed by atoms with Gasteiger partial charge >= 0.3 is 5.97 Å². The highest BCUT2D eigenvalue weighted by Gasteiger charge is 2.57. The monoisotopic (exact) mass is 390 g/mol. The number of ether oxygens (including phenoxy) is 1. The van der Waals surface area contributed by atoms with Crippen molar-refractivity contribution in [1.29, 1.82) is 0 Å². The Morgan fingerprint density at radius 1 is 1.32 bits per heavy atom.